The van der Waals surface area contributed by atoms with E-state index in [0.29, 0.717) is 35.8 Å². The fourth-order valence-electron chi connectivity index (χ4n) is 4.05. The molecule has 1 amide bonds. The Hall–Kier alpha value is -0.920. The highest BCUT2D eigenvalue weighted by Gasteiger charge is 2.37. The Balaban J connectivity index is 1.63. The minimum Gasteiger partial charge on any atom is -0.507 e. The summed E-state index contributed by atoms with van der Waals surface area (Å²) in [6.45, 7) is 0.477. The van der Waals surface area contributed by atoms with Crippen LogP contribution in [0.15, 0.2) is 23.5 Å². The molecule has 4 N–H and O–H groups in total. The van der Waals surface area contributed by atoms with Gasteiger partial charge in [-0.1, -0.05) is 12.5 Å². The predicted octanol–water partition coefficient (Wildman–Crippen LogP) is 2.77. The summed E-state index contributed by atoms with van der Waals surface area (Å²) >= 11 is 4.11. The van der Waals surface area contributed by atoms with Gasteiger partial charge in [0, 0.05) is 11.5 Å². The zero-order valence-electron chi connectivity index (χ0n) is 15.0. The molecule has 3 fully saturated rings. The van der Waals surface area contributed by atoms with Crippen molar-refractivity contribution in [2.24, 2.45) is 17.6 Å². The first-order chi connectivity index (χ1) is 12.6. The van der Waals surface area contributed by atoms with Crippen LogP contribution < -0.4 is 11.1 Å². The van der Waals surface area contributed by atoms with Gasteiger partial charge in [0.05, 0.1) is 10.6 Å². The Kier molecular flexibility index (Phi) is 7.12. The number of nitrogens with one attached hydrogen (secondary N) is 1. The molecule has 0 aromatic rings. The van der Waals surface area contributed by atoms with E-state index in [1.54, 1.807) is 6.08 Å². The minimum atomic E-state index is -0.549. The molecule has 26 heavy (non-hydrogen) atoms. The number of thioether (sulfide) groups is 2. The van der Waals surface area contributed by atoms with Crippen LogP contribution in [0.5, 0.6) is 0 Å². The molecule has 0 aromatic carbocycles. The zero-order chi connectivity index (χ0) is 18.5. The standard InChI is InChI=1S/C19H28N2O3S2/c20-8-2-5-14-18(23)17(19(24)21-14)15(22)7-6-12-3-1-4-13(12)11-16-25-9-10-26-16/h6-7,12-14,16,22H,1-5,8-11,20H2,(H,21,24)/b7-6?,17-15-/t12?,13-,14?/m1/s1. The number of Topliss-reactive ketones (excluding diaryl/α,β-unsaturated/α-hetero) is 1. The summed E-state index contributed by atoms with van der Waals surface area (Å²) in [4.78, 5) is 24.4. The molecule has 3 aliphatic rings. The second-order valence-corrected chi connectivity index (χ2v) is 10.1. The number of nitrogens with two attached hydrogens (primary N) is 1. The lowest BCUT2D eigenvalue weighted by atomic mass is 9.92. The first-order valence-corrected chi connectivity index (χ1v) is 11.6. The van der Waals surface area contributed by atoms with Crippen LogP contribution in [0, 0.1) is 11.8 Å². The molecule has 5 nitrogen and oxygen atoms in total. The van der Waals surface area contributed by atoms with Gasteiger partial charge in [-0.05, 0) is 56.6 Å². The first-order valence-electron chi connectivity index (χ1n) is 9.50. The molecule has 2 aliphatic heterocycles. The molecule has 0 aromatic heterocycles. The van der Waals surface area contributed by atoms with Gasteiger partial charge < -0.3 is 16.2 Å². The molecule has 3 rings (SSSR count). The molecule has 0 spiro atoms. The number of aliphatic hydroxyl groups is 1. The van der Waals surface area contributed by atoms with Gasteiger partial charge in [0.1, 0.15) is 11.3 Å². The Morgan fingerprint density at radius 2 is 2.04 bits per heavy atom. The van der Waals surface area contributed by atoms with Gasteiger partial charge in [-0.2, -0.15) is 0 Å². The van der Waals surface area contributed by atoms with Gasteiger partial charge >= 0.3 is 0 Å². The largest absolute Gasteiger partial charge is 0.507 e. The maximum absolute atomic E-state index is 12.4. The summed E-state index contributed by atoms with van der Waals surface area (Å²) in [6, 6.07) is -0.549. The smallest absolute Gasteiger partial charge is 0.259 e. The van der Waals surface area contributed by atoms with Crippen molar-refractivity contribution in [1.82, 2.24) is 5.32 Å². The summed E-state index contributed by atoms with van der Waals surface area (Å²) < 4.78 is 0.700. The second kappa shape index (κ2) is 9.33. The molecule has 2 saturated heterocycles. The third kappa shape index (κ3) is 4.67. The van der Waals surface area contributed by atoms with Crippen molar-refractivity contribution in [2.75, 3.05) is 18.1 Å². The molecule has 2 unspecified atom stereocenters. The lowest BCUT2D eigenvalue weighted by molar-refractivity contribution is -0.117. The van der Waals surface area contributed by atoms with Crippen molar-refractivity contribution in [3.8, 4) is 0 Å². The summed E-state index contributed by atoms with van der Waals surface area (Å²) in [5, 5.41) is 13.0. The molecule has 144 valence electrons. The van der Waals surface area contributed by atoms with E-state index in [2.05, 4.69) is 28.8 Å². The fraction of sp³-hybridized carbons (Fsp3) is 0.684. The summed E-state index contributed by atoms with van der Waals surface area (Å²) in [5.41, 5.74) is 5.37. The molecular weight excluding hydrogens is 368 g/mol. The van der Waals surface area contributed by atoms with Gasteiger partial charge in [-0.3, -0.25) is 9.59 Å². The van der Waals surface area contributed by atoms with Crippen molar-refractivity contribution in [3.05, 3.63) is 23.5 Å². The Morgan fingerprint density at radius 3 is 2.77 bits per heavy atom. The molecule has 1 aliphatic carbocycles. The van der Waals surface area contributed by atoms with Crippen molar-refractivity contribution in [3.63, 3.8) is 0 Å². The summed E-state index contributed by atoms with van der Waals surface area (Å²) in [6.07, 6.45) is 9.54. The molecule has 1 saturated carbocycles. The van der Waals surface area contributed by atoms with Crippen molar-refractivity contribution in [1.29, 1.82) is 0 Å². The Bertz CT molecular complexity index is 600. The van der Waals surface area contributed by atoms with E-state index in [1.807, 2.05) is 6.08 Å². The van der Waals surface area contributed by atoms with Crippen LogP contribution in [0.1, 0.15) is 38.5 Å². The van der Waals surface area contributed by atoms with E-state index in [4.69, 9.17) is 5.73 Å². The van der Waals surface area contributed by atoms with Gasteiger partial charge in [0.15, 0.2) is 5.78 Å². The highest BCUT2D eigenvalue weighted by atomic mass is 32.2. The molecule has 3 atom stereocenters. The third-order valence-electron chi connectivity index (χ3n) is 5.45. The Labute approximate surface area is 163 Å². The first kappa shape index (κ1) is 19.8. The van der Waals surface area contributed by atoms with Crippen molar-refractivity contribution >= 4 is 35.2 Å². The van der Waals surface area contributed by atoms with Crippen LogP contribution in [0.4, 0.5) is 0 Å². The molecule has 0 radical (unpaired) electrons. The second-order valence-electron chi connectivity index (χ2n) is 7.20. The Morgan fingerprint density at radius 1 is 1.27 bits per heavy atom. The average Bonchev–Trinajstić information content (AvgIpc) is 3.34. The maximum atomic E-state index is 12.4. The number of allylic oxidation sites excluding steroid dienone is 2. The fourth-order valence-corrected chi connectivity index (χ4v) is 7.07. The highest BCUT2D eigenvalue weighted by Crippen LogP contribution is 2.43. The van der Waals surface area contributed by atoms with E-state index in [1.165, 1.54) is 30.8 Å². The molecule has 7 heteroatoms. The van der Waals surface area contributed by atoms with Gasteiger partial charge in [-0.15, -0.1) is 23.5 Å². The summed E-state index contributed by atoms with van der Waals surface area (Å²) in [7, 11) is 0. The molecule has 2 heterocycles. The number of carbonyl (C=O) groups excluding carboxylic acids is 2. The van der Waals surface area contributed by atoms with E-state index >= 15 is 0 Å². The van der Waals surface area contributed by atoms with Gasteiger partial charge in [-0.25, -0.2) is 0 Å². The monoisotopic (exact) mass is 396 g/mol. The highest BCUT2D eigenvalue weighted by molar-refractivity contribution is 8.20. The van der Waals surface area contributed by atoms with Gasteiger partial charge in [0.25, 0.3) is 5.91 Å². The number of hydrogen-bond acceptors (Lipinski definition) is 6. The summed E-state index contributed by atoms with van der Waals surface area (Å²) in [5.74, 6) is 2.58. The topological polar surface area (TPSA) is 92.4 Å². The van der Waals surface area contributed by atoms with Crippen LogP contribution in [-0.4, -0.2) is 45.5 Å². The number of carbonyl (C=O) groups is 2. The van der Waals surface area contributed by atoms with E-state index < -0.39 is 11.9 Å². The lowest BCUT2D eigenvalue weighted by Crippen LogP contribution is -2.29. The zero-order valence-corrected chi connectivity index (χ0v) is 16.6. The minimum absolute atomic E-state index is 0.0975. The number of hydrogen-bond donors (Lipinski definition) is 3. The lowest BCUT2D eigenvalue weighted by Gasteiger charge is -2.19. The number of rotatable bonds is 7. The number of ketones is 1. The molecule has 0 bridgehead atoms. The SMILES string of the molecule is NCCCC1NC(=O)/C(=C(\O)C=CC2CCC[C@@H]2CC2SCCS2)C1=O. The van der Waals surface area contributed by atoms with E-state index in [-0.39, 0.29) is 17.1 Å². The van der Waals surface area contributed by atoms with Crippen LogP contribution in [0.25, 0.3) is 0 Å². The van der Waals surface area contributed by atoms with Crippen LogP contribution in [0.2, 0.25) is 0 Å². The van der Waals surface area contributed by atoms with Crippen LogP contribution in [0.3, 0.4) is 0 Å². The third-order valence-corrected chi connectivity index (χ3v) is 8.54. The van der Waals surface area contributed by atoms with E-state index in [9.17, 15) is 14.7 Å². The van der Waals surface area contributed by atoms with Crippen LogP contribution in [-0.2, 0) is 9.59 Å². The van der Waals surface area contributed by atoms with Crippen molar-refractivity contribution in [2.45, 2.75) is 49.1 Å². The number of amides is 1. The van der Waals surface area contributed by atoms with Crippen molar-refractivity contribution < 1.29 is 14.7 Å². The average molecular weight is 397 g/mol. The number of aliphatic hydroxyl groups excluding tert-OH is 1. The maximum Gasteiger partial charge on any atom is 0.259 e. The predicted molar refractivity (Wildman–Crippen MR) is 108 cm³/mol. The van der Waals surface area contributed by atoms with Gasteiger partial charge in [0.2, 0.25) is 0 Å². The quantitative estimate of drug-likeness (QED) is 0.348. The van der Waals surface area contributed by atoms with E-state index in [0.717, 1.165) is 6.42 Å². The van der Waals surface area contributed by atoms with Crippen LogP contribution >= 0.6 is 23.5 Å². The molecular formula is C19H28N2O3S2. The normalized spacial score (nSPS) is 32.0.